The van der Waals surface area contributed by atoms with Gasteiger partial charge < -0.3 is 21.3 Å². The van der Waals surface area contributed by atoms with Crippen LogP contribution >= 0.6 is 0 Å². The highest BCUT2D eigenvalue weighted by molar-refractivity contribution is 6.03. The second-order valence-corrected chi connectivity index (χ2v) is 6.48. The van der Waals surface area contributed by atoms with Crippen LogP contribution in [-0.2, 0) is 16.0 Å². The molecule has 0 saturated carbocycles. The first-order valence-corrected chi connectivity index (χ1v) is 8.83. The number of hydrogen-bond donors (Lipinski definition) is 3. The summed E-state index contributed by atoms with van der Waals surface area (Å²) in [5.41, 5.74) is 8.12. The smallest absolute Gasteiger partial charge is 0.316 e. The largest absolute Gasteiger partial charge is 0.351 e. The van der Waals surface area contributed by atoms with E-state index >= 15 is 0 Å². The van der Waals surface area contributed by atoms with E-state index in [1.54, 1.807) is 29.2 Å². The Kier molecular flexibility index (Phi) is 5.40. The predicted molar refractivity (Wildman–Crippen MR) is 105 cm³/mol. The van der Waals surface area contributed by atoms with Gasteiger partial charge in [0.2, 0.25) is 11.8 Å². The van der Waals surface area contributed by atoms with Crippen molar-refractivity contribution < 1.29 is 14.4 Å². The van der Waals surface area contributed by atoms with Gasteiger partial charge in [0.05, 0.1) is 5.92 Å². The van der Waals surface area contributed by atoms with Crippen molar-refractivity contribution in [1.82, 2.24) is 0 Å². The molecule has 1 aliphatic rings. The van der Waals surface area contributed by atoms with Crippen molar-refractivity contribution in [2.75, 3.05) is 22.1 Å². The van der Waals surface area contributed by atoms with Crippen molar-refractivity contribution in [3.63, 3.8) is 0 Å². The molecule has 1 saturated heterocycles. The summed E-state index contributed by atoms with van der Waals surface area (Å²) in [5, 5.41) is 5.26. The van der Waals surface area contributed by atoms with Gasteiger partial charge in [-0.05, 0) is 42.3 Å². The molecule has 2 aromatic rings. The molecule has 0 bridgehead atoms. The average Bonchev–Trinajstić information content (AvgIpc) is 3.03. The molecule has 1 unspecified atom stereocenters. The Morgan fingerprint density at radius 2 is 1.78 bits per heavy atom. The van der Waals surface area contributed by atoms with Crippen LogP contribution in [0.1, 0.15) is 18.9 Å². The molecule has 1 fully saturated rings. The zero-order valence-electron chi connectivity index (χ0n) is 15.1. The number of aryl methyl sites for hydroxylation is 1. The van der Waals surface area contributed by atoms with Crippen molar-refractivity contribution in [2.24, 2.45) is 11.7 Å². The number of carbonyl (C=O) groups excluding carboxylic acids is 3. The van der Waals surface area contributed by atoms with Crippen LogP contribution in [0.3, 0.4) is 0 Å². The lowest BCUT2D eigenvalue weighted by Crippen LogP contribution is -2.28. The van der Waals surface area contributed by atoms with Gasteiger partial charge in [-0.25, -0.2) is 4.79 Å². The standard InChI is InChI=1S/C20H22N4O3/c1-2-13-6-8-17(9-7-13)24-12-14(10-18(24)25)19(26)22-15-4-3-5-16(11-15)23-20(21)27/h3-9,11,14H,2,10,12H2,1H3,(H,22,26)(H3,21,23,27). The second-order valence-electron chi connectivity index (χ2n) is 6.48. The average molecular weight is 366 g/mol. The minimum Gasteiger partial charge on any atom is -0.351 e. The van der Waals surface area contributed by atoms with Crippen LogP contribution in [0.25, 0.3) is 0 Å². The summed E-state index contributed by atoms with van der Waals surface area (Å²) in [6, 6.07) is 13.8. The van der Waals surface area contributed by atoms with Crippen LogP contribution in [0, 0.1) is 5.92 Å². The van der Waals surface area contributed by atoms with Crippen molar-refractivity contribution in [3.05, 3.63) is 54.1 Å². The van der Waals surface area contributed by atoms with Crippen LogP contribution in [0.2, 0.25) is 0 Å². The monoisotopic (exact) mass is 366 g/mol. The van der Waals surface area contributed by atoms with E-state index in [2.05, 4.69) is 17.6 Å². The molecule has 0 aromatic heterocycles. The number of hydrogen-bond acceptors (Lipinski definition) is 3. The fraction of sp³-hybridized carbons (Fsp3) is 0.250. The zero-order chi connectivity index (χ0) is 19.4. The van der Waals surface area contributed by atoms with Crippen LogP contribution < -0.4 is 21.3 Å². The van der Waals surface area contributed by atoms with Crippen molar-refractivity contribution in [1.29, 1.82) is 0 Å². The lowest BCUT2D eigenvalue weighted by molar-refractivity contribution is -0.122. The molecule has 7 nitrogen and oxygen atoms in total. The molecular weight excluding hydrogens is 344 g/mol. The minimum atomic E-state index is -0.676. The highest BCUT2D eigenvalue weighted by Crippen LogP contribution is 2.27. The van der Waals surface area contributed by atoms with Gasteiger partial charge >= 0.3 is 6.03 Å². The highest BCUT2D eigenvalue weighted by atomic mass is 16.2. The maximum absolute atomic E-state index is 12.6. The zero-order valence-corrected chi connectivity index (χ0v) is 15.1. The number of amides is 4. The summed E-state index contributed by atoms with van der Waals surface area (Å²) in [6.07, 6.45) is 1.10. The lowest BCUT2D eigenvalue weighted by Gasteiger charge is -2.17. The van der Waals surface area contributed by atoms with Crippen molar-refractivity contribution >= 4 is 34.9 Å². The number of nitrogens with one attached hydrogen (secondary N) is 2. The fourth-order valence-electron chi connectivity index (χ4n) is 3.11. The number of nitrogens with two attached hydrogens (primary N) is 1. The van der Waals surface area contributed by atoms with E-state index in [-0.39, 0.29) is 18.2 Å². The molecule has 0 spiro atoms. The summed E-state index contributed by atoms with van der Waals surface area (Å²) in [4.78, 5) is 37.5. The number of urea groups is 1. The molecule has 4 amide bonds. The molecule has 2 aromatic carbocycles. The number of anilines is 3. The van der Waals surface area contributed by atoms with Gasteiger partial charge in [-0.1, -0.05) is 25.1 Å². The first-order valence-electron chi connectivity index (χ1n) is 8.83. The summed E-state index contributed by atoms with van der Waals surface area (Å²) in [5.74, 6) is -0.730. The first-order chi connectivity index (χ1) is 13.0. The van der Waals surface area contributed by atoms with E-state index in [9.17, 15) is 14.4 Å². The second kappa shape index (κ2) is 7.90. The Morgan fingerprint density at radius 3 is 2.41 bits per heavy atom. The van der Waals surface area contributed by atoms with Crippen LogP contribution in [0.15, 0.2) is 48.5 Å². The number of primary amides is 1. The van der Waals surface area contributed by atoms with E-state index in [0.29, 0.717) is 17.9 Å². The highest BCUT2D eigenvalue weighted by Gasteiger charge is 2.35. The molecular formula is C20H22N4O3. The van der Waals surface area contributed by atoms with Gasteiger partial charge in [0.15, 0.2) is 0 Å². The SMILES string of the molecule is CCc1ccc(N2CC(C(=O)Nc3cccc(NC(N)=O)c3)CC2=O)cc1. The molecule has 140 valence electrons. The number of benzene rings is 2. The van der Waals surface area contributed by atoms with Crippen LogP contribution in [0.4, 0.5) is 21.9 Å². The lowest BCUT2D eigenvalue weighted by atomic mass is 10.1. The predicted octanol–water partition coefficient (Wildman–Crippen LogP) is 2.73. The van der Waals surface area contributed by atoms with Crippen LogP contribution in [0.5, 0.6) is 0 Å². The Labute approximate surface area is 157 Å². The number of nitrogens with zero attached hydrogens (tertiary/aromatic N) is 1. The van der Waals surface area contributed by atoms with Gasteiger partial charge in [0.25, 0.3) is 0 Å². The van der Waals surface area contributed by atoms with Gasteiger partial charge in [-0.3, -0.25) is 9.59 Å². The van der Waals surface area contributed by atoms with E-state index in [4.69, 9.17) is 5.73 Å². The minimum absolute atomic E-state index is 0.0662. The van der Waals surface area contributed by atoms with E-state index in [1.807, 2.05) is 24.3 Å². The summed E-state index contributed by atoms with van der Waals surface area (Å²) in [6.45, 7) is 2.42. The number of carbonyl (C=O) groups is 3. The molecule has 7 heteroatoms. The van der Waals surface area contributed by atoms with Gasteiger partial charge in [0, 0.05) is 30.0 Å². The third-order valence-electron chi connectivity index (χ3n) is 4.55. The molecule has 0 aliphatic carbocycles. The molecule has 1 atom stereocenters. The van der Waals surface area contributed by atoms with E-state index in [0.717, 1.165) is 12.1 Å². The first kappa shape index (κ1) is 18.4. The summed E-state index contributed by atoms with van der Waals surface area (Å²) < 4.78 is 0. The maximum atomic E-state index is 12.6. The van der Waals surface area contributed by atoms with E-state index in [1.165, 1.54) is 5.56 Å². The van der Waals surface area contributed by atoms with Crippen LogP contribution in [-0.4, -0.2) is 24.4 Å². The molecule has 4 N–H and O–H groups in total. The summed E-state index contributed by atoms with van der Waals surface area (Å²) >= 11 is 0. The maximum Gasteiger partial charge on any atom is 0.316 e. The van der Waals surface area contributed by atoms with E-state index < -0.39 is 11.9 Å². The molecule has 27 heavy (non-hydrogen) atoms. The van der Waals surface area contributed by atoms with Gasteiger partial charge in [-0.2, -0.15) is 0 Å². The quantitative estimate of drug-likeness (QED) is 0.758. The molecule has 0 radical (unpaired) electrons. The van der Waals surface area contributed by atoms with Crippen molar-refractivity contribution in [3.8, 4) is 0 Å². The molecule has 1 aliphatic heterocycles. The van der Waals surface area contributed by atoms with Crippen molar-refractivity contribution in [2.45, 2.75) is 19.8 Å². The van der Waals surface area contributed by atoms with Gasteiger partial charge in [0.1, 0.15) is 0 Å². The Balaban J connectivity index is 1.66. The molecule has 1 heterocycles. The Hall–Kier alpha value is -3.35. The normalized spacial score (nSPS) is 16.3. The third kappa shape index (κ3) is 4.44. The fourth-order valence-corrected chi connectivity index (χ4v) is 3.11. The third-order valence-corrected chi connectivity index (χ3v) is 4.55. The Bertz CT molecular complexity index is 864. The topological polar surface area (TPSA) is 105 Å². The Morgan fingerprint density at radius 1 is 1.11 bits per heavy atom. The summed E-state index contributed by atoms with van der Waals surface area (Å²) in [7, 11) is 0. The number of rotatable bonds is 5. The molecule has 3 rings (SSSR count). The van der Waals surface area contributed by atoms with Gasteiger partial charge in [-0.15, -0.1) is 0 Å².